The number of carbonyl (C=O) groups is 2. The number of halogens is 2. The van der Waals surface area contributed by atoms with Gasteiger partial charge in [0.05, 0.1) is 5.92 Å². The number of amides is 1. The Bertz CT molecular complexity index is 1080. The number of carbonyl (C=O) groups excluding carboxylic acids is 1. The molecule has 0 radical (unpaired) electrons. The highest BCUT2D eigenvalue weighted by Crippen LogP contribution is 2.38. The van der Waals surface area contributed by atoms with Crippen LogP contribution in [0.1, 0.15) is 37.8 Å². The van der Waals surface area contributed by atoms with Crippen molar-refractivity contribution < 1.29 is 23.5 Å². The maximum Gasteiger partial charge on any atom is 0.321 e. The first-order chi connectivity index (χ1) is 17.0. The molecule has 36 heavy (non-hydrogen) atoms. The number of hydrogen-bond donors (Lipinski definition) is 1. The first kappa shape index (κ1) is 26.2. The molecule has 4 rings (SSSR count). The summed E-state index contributed by atoms with van der Waals surface area (Å²) >= 11 is 0. The summed E-state index contributed by atoms with van der Waals surface area (Å²) in [5.41, 5.74) is 1.13. The SMILES string of the molecule is CC(C)(C)N1C[C@@H](C(=O)N2CCN([C@@H](Cc3ccccc3)C(=O)O)CC2)[C@H](c2ccc(F)cc2F)C1. The fraction of sp³-hybridized carbons (Fsp3) is 0.500. The van der Waals surface area contributed by atoms with E-state index in [1.54, 1.807) is 4.90 Å². The van der Waals surface area contributed by atoms with Crippen molar-refractivity contribution in [2.24, 2.45) is 5.92 Å². The maximum absolute atomic E-state index is 14.8. The van der Waals surface area contributed by atoms with Crippen LogP contribution in [0.2, 0.25) is 0 Å². The van der Waals surface area contributed by atoms with E-state index in [2.05, 4.69) is 25.7 Å². The summed E-state index contributed by atoms with van der Waals surface area (Å²) in [5, 5.41) is 9.86. The molecule has 2 fully saturated rings. The molecule has 1 N–H and O–H groups in total. The smallest absolute Gasteiger partial charge is 0.321 e. The first-order valence-electron chi connectivity index (χ1n) is 12.5. The fourth-order valence-electron chi connectivity index (χ4n) is 5.42. The summed E-state index contributed by atoms with van der Waals surface area (Å²) < 4.78 is 28.3. The van der Waals surface area contributed by atoms with Crippen molar-refractivity contribution >= 4 is 11.9 Å². The lowest BCUT2D eigenvalue weighted by Crippen LogP contribution is -2.56. The predicted molar refractivity (Wildman–Crippen MR) is 134 cm³/mol. The topological polar surface area (TPSA) is 64.1 Å². The van der Waals surface area contributed by atoms with Crippen LogP contribution in [-0.2, 0) is 16.0 Å². The Hall–Kier alpha value is -2.84. The Kier molecular flexibility index (Phi) is 7.76. The lowest BCUT2D eigenvalue weighted by Gasteiger charge is -2.39. The van der Waals surface area contributed by atoms with Gasteiger partial charge in [-0.1, -0.05) is 36.4 Å². The minimum absolute atomic E-state index is 0.0509. The second kappa shape index (κ2) is 10.6. The van der Waals surface area contributed by atoms with Crippen molar-refractivity contribution in [1.82, 2.24) is 14.7 Å². The van der Waals surface area contributed by atoms with Crippen molar-refractivity contribution in [2.45, 2.75) is 44.7 Å². The average Bonchev–Trinajstić information content (AvgIpc) is 3.28. The Labute approximate surface area is 211 Å². The molecule has 0 saturated carbocycles. The van der Waals surface area contributed by atoms with Gasteiger partial charge >= 0.3 is 5.97 Å². The molecule has 2 aliphatic rings. The van der Waals surface area contributed by atoms with Crippen LogP contribution in [0.25, 0.3) is 0 Å². The second-order valence-electron chi connectivity index (χ2n) is 10.9. The van der Waals surface area contributed by atoms with Gasteiger partial charge in [0.2, 0.25) is 5.91 Å². The van der Waals surface area contributed by atoms with Gasteiger partial charge < -0.3 is 10.0 Å². The molecule has 2 aromatic rings. The zero-order valence-corrected chi connectivity index (χ0v) is 21.2. The number of nitrogens with zero attached hydrogens (tertiary/aromatic N) is 3. The summed E-state index contributed by atoms with van der Waals surface area (Å²) in [7, 11) is 0. The summed E-state index contributed by atoms with van der Waals surface area (Å²) in [6.45, 7) is 8.96. The van der Waals surface area contributed by atoms with E-state index in [4.69, 9.17) is 0 Å². The third-order valence-corrected chi connectivity index (χ3v) is 7.57. The maximum atomic E-state index is 14.8. The van der Waals surface area contributed by atoms with Crippen LogP contribution in [-0.4, -0.2) is 82.5 Å². The number of likely N-dealkylation sites (tertiary alicyclic amines) is 1. The number of benzene rings is 2. The van der Waals surface area contributed by atoms with Gasteiger partial charge in [-0.05, 0) is 44.4 Å². The van der Waals surface area contributed by atoms with Crippen LogP contribution in [0.3, 0.4) is 0 Å². The Morgan fingerprint density at radius 2 is 1.67 bits per heavy atom. The third-order valence-electron chi connectivity index (χ3n) is 7.57. The van der Waals surface area contributed by atoms with E-state index in [9.17, 15) is 23.5 Å². The second-order valence-corrected chi connectivity index (χ2v) is 10.9. The van der Waals surface area contributed by atoms with Crippen LogP contribution in [0.15, 0.2) is 48.5 Å². The number of hydrogen-bond acceptors (Lipinski definition) is 4. The highest BCUT2D eigenvalue weighted by atomic mass is 19.1. The Balaban J connectivity index is 1.47. The molecule has 8 heteroatoms. The predicted octanol–water partition coefficient (Wildman–Crippen LogP) is 3.62. The molecule has 6 nitrogen and oxygen atoms in total. The van der Waals surface area contributed by atoms with Crippen LogP contribution in [0.5, 0.6) is 0 Å². The molecule has 0 aliphatic carbocycles. The molecular weight excluding hydrogens is 464 g/mol. The summed E-state index contributed by atoms with van der Waals surface area (Å²) in [6.07, 6.45) is 0.402. The monoisotopic (exact) mass is 499 g/mol. The largest absolute Gasteiger partial charge is 0.480 e. The van der Waals surface area contributed by atoms with E-state index in [0.717, 1.165) is 11.6 Å². The van der Waals surface area contributed by atoms with Crippen LogP contribution < -0.4 is 0 Å². The average molecular weight is 500 g/mol. The molecule has 0 aromatic heterocycles. The van der Waals surface area contributed by atoms with E-state index in [-0.39, 0.29) is 17.4 Å². The number of rotatable bonds is 6. The van der Waals surface area contributed by atoms with Crippen LogP contribution >= 0.6 is 0 Å². The number of aliphatic carboxylic acids is 1. The van der Waals surface area contributed by atoms with Crippen molar-refractivity contribution in [2.75, 3.05) is 39.3 Å². The van der Waals surface area contributed by atoms with Gasteiger partial charge in [0.15, 0.2) is 0 Å². The van der Waals surface area contributed by atoms with Gasteiger partial charge in [-0.2, -0.15) is 0 Å². The molecule has 0 unspecified atom stereocenters. The van der Waals surface area contributed by atoms with E-state index in [0.29, 0.717) is 51.3 Å². The molecule has 3 atom stereocenters. The van der Waals surface area contributed by atoms with E-state index < -0.39 is 29.6 Å². The van der Waals surface area contributed by atoms with Crippen molar-refractivity contribution in [3.05, 3.63) is 71.3 Å². The zero-order valence-electron chi connectivity index (χ0n) is 21.2. The number of carboxylic acids is 1. The Morgan fingerprint density at radius 1 is 1.00 bits per heavy atom. The minimum Gasteiger partial charge on any atom is -0.480 e. The molecule has 0 spiro atoms. The number of piperazine rings is 1. The molecular formula is C28H35F2N3O3. The molecule has 2 aromatic carbocycles. The van der Waals surface area contributed by atoms with Crippen LogP contribution in [0.4, 0.5) is 8.78 Å². The lowest BCUT2D eigenvalue weighted by atomic mass is 9.87. The van der Waals surface area contributed by atoms with E-state index in [1.807, 2.05) is 35.2 Å². The lowest BCUT2D eigenvalue weighted by molar-refractivity contribution is -0.145. The van der Waals surface area contributed by atoms with Gasteiger partial charge in [-0.25, -0.2) is 8.78 Å². The summed E-state index contributed by atoms with van der Waals surface area (Å²) in [4.78, 5) is 31.6. The van der Waals surface area contributed by atoms with Crippen LogP contribution in [0, 0.1) is 17.6 Å². The summed E-state index contributed by atoms with van der Waals surface area (Å²) in [5.74, 6) is -3.00. The summed E-state index contributed by atoms with van der Waals surface area (Å²) in [6, 6.07) is 12.5. The molecule has 0 bridgehead atoms. The van der Waals surface area contributed by atoms with Crippen molar-refractivity contribution in [3.8, 4) is 0 Å². The highest BCUT2D eigenvalue weighted by molar-refractivity contribution is 5.81. The van der Waals surface area contributed by atoms with E-state index in [1.165, 1.54) is 12.1 Å². The van der Waals surface area contributed by atoms with Crippen molar-refractivity contribution in [1.29, 1.82) is 0 Å². The van der Waals surface area contributed by atoms with E-state index >= 15 is 0 Å². The van der Waals surface area contributed by atoms with Gasteiger partial charge in [0.1, 0.15) is 17.7 Å². The molecule has 2 saturated heterocycles. The van der Waals surface area contributed by atoms with Gasteiger partial charge in [-0.15, -0.1) is 0 Å². The number of carboxylic acid groups (broad SMARTS) is 1. The highest BCUT2D eigenvalue weighted by Gasteiger charge is 2.45. The normalized spacial score (nSPS) is 22.5. The first-order valence-corrected chi connectivity index (χ1v) is 12.5. The third kappa shape index (κ3) is 5.76. The van der Waals surface area contributed by atoms with Gasteiger partial charge in [0.25, 0.3) is 0 Å². The zero-order chi connectivity index (χ0) is 26.0. The molecule has 2 heterocycles. The van der Waals surface area contributed by atoms with Crippen molar-refractivity contribution in [3.63, 3.8) is 0 Å². The molecule has 194 valence electrons. The molecule has 1 amide bonds. The Morgan fingerprint density at radius 3 is 2.25 bits per heavy atom. The standard InChI is InChI=1S/C28H35F2N3O3/c1-28(2,3)33-17-22(21-10-9-20(29)16-24(21)30)23(18-33)26(34)32-13-11-31(12-14-32)25(27(35)36)15-19-7-5-4-6-8-19/h4-10,16,22-23,25H,11-15,17-18H2,1-3H3,(H,35,36)/t22-,23+,25-/m0/s1. The fourth-order valence-corrected chi connectivity index (χ4v) is 5.42. The molecule has 2 aliphatic heterocycles. The van der Waals surface area contributed by atoms with Gasteiger partial charge in [0, 0.05) is 56.8 Å². The minimum atomic E-state index is -0.873. The van der Waals surface area contributed by atoms with Gasteiger partial charge in [-0.3, -0.25) is 19.4 Å². The quantitative estimate of drug-likeness (QED) is 0.658.